The second-order valence-electron chi connectivity index (χ2n) is 13.2. The summed E-state index contributed by atoms with van der Waals surface area (Å²) in [5.41, 5.74) is 5.64. The van der Waals surface area contributed by atoms with Crippen molar-refractivity contribution in [3.63, 3.8) is 0 Å². The van der Waals surface area contributed by atoms with Crippen molar-refractivity contribution in [1.82, 2.24) is 10.2 Å². The number of nitrogens with zero attached hydrogens (tertiary/aromatic N) is 1. The number of carbonyl (C=O) groups excluding carboxylic acids is 3. The molecule has 3 amide bonds. The first-order valence-electron chi connectivity index (χ1n) is 13.6. The standard InChI is InChI=1S/C28H42BN3O7/c1-25(2,3)37-24(35)32-15-21(36-17-28(16-32)12-13-28)23(34)31-20(22(30)33)14-18-8-10-19(11-9-18)29-38-26(4,5)27(6,7)39-29/h8-11,20-21H,12-17H2,1-7H3,(H2,30,33)(H,31,34)/t20-,21-/m0/s1. The molecule has 3 fully saturated rings. The van der Waals surface area contributed by atoms with Crippen molar-refractivity contribution in [2.24, 2.45) is 11.1 Å². The van der Waals surface area contributed by atoms with Crippen molar-refractivity contribution < 1.29 is 33.2 Å². The number of hydrogen-bond acceptors (Lipinski definition) is 7. The third kappa shape index (κ3) is 6.94. The number of benzene rings is 1. The second-order valence-corrected chi connectivity index (χ2v) is 13.2. The van der Waals surface area contributed by atoms with Gasteiger partial charge in [-0.1, -0.05) is 24.3 Å². The summed E-state index contributed by atoms with van der Waals surface area (Å²) < 4.78 is 23.7. The zero-order valence-corrected chi connectivity index (χ0v) is 24.2. The van der Waals surface area contributed by atoms with Gasteiger partial charge >= 0.3 is 13.2 Å². The highest BCUT2D eigenvalue weighted by Gasteiger charge is 2.52. The number of nitrogens with one attached hydrogen (secondary N) is 1. The SMILES string of the molecule is CC(C)(C)OC(=O)N1C[C@@H](C(=O)N[C@@H](Cc2ccc(B3OC(C)(C)C(C)(C)O3)cc2)C(N)=O)OCC2(CC2)C1. The minimum atomic E-state index is -0.947. The topological polar surface area (TPSA) is 129 Å². The van der Waals surface area contributed by atoms with Gasteiger partial charge in [-0.15, -0.1) is 0 Å². The van der Waals surface area contributed by atoms with Crippen LogP contribution >= 0.6 is 0 Å². The van der Waals surface area contributed by atoms with Crippen LogP contribution in [0.5, 0.6) is 0 Å². The fraction of sp³-hybridized carbons (Fsp3) is 0.679. The Morgan fingerprint density at radius 3 is 2.21 bits per heavy atom. The molecule has 214 valence electrons. The van der Waals surface area contributed by atoms with Crippen LogP contribution in [0.2, 0.25) is 0 Å². The fourth-order valence-corrected chi connectivity index (χ4v) is 4.66. The highest BCUT2D eigenvalue weighted by Crippen LogP contribution is 2.48. The van der Waals surface area contributed by atoms with E-state index in [0.717, 1.165) is 23.9 Å². The minimum Gasteiger partial charge on any atom is -0.444 e. The van der Waals surface area contributed by atoms with Crippen molar-refractivity contribution >= 4 is 30.5 Å². The van der Waals surface area contributed by atoms with Gasteiger partial charge in [0.2, 0.25) is 5.91 Å². The second kappa shape index (κ2) is 10.4. The largest absolute Gasteiger partial charge is 0.494 e. The molecule has 3 N–H and O–H groups in total. The Morgan fingerprint density at radius 2 is 1.69 bits per heavy atom. The predicted octanol–water partition coefficient (Wildman–Crippen LogP) is 1.91. The fourth-order valence-electron chi connectivity index (χ4n) is 4.66. The van der Waals surface area contributed by atoms with E-state index in [1.165, 1.54) is 0 Å². The molecule has 0 bridgehead atoms. The molecule has 0 unspecified atom stereocenters. The third-order valence-electron chi connectivity index (χ3n) is 8.01. The van der Waals surface area contributed by atoms with Gasteiger partial charge in [0.1, 0.15) is 11.6 Å². The van der Waals surface area contributed by atoms with Gasteiger partial charge in [-0.25, -0.2) is 4.79 Å². The van der Waals surface area contributed by atoms with Crippen LogP contribution in [0.3, 0.4) is 0 Å². The molecule has 2 heterocycles. The van der Waals surface area contributed by atoms with Crippen LogP contribution in [0.15, 0.2) is 24.3 Å². The monoisotopic (exact) mass is 543 g/mol. The summed E-state index contributed by atoms with van der Waals surface area (Å²) in [6, 6.07) is 6.56. The van der Waals surface area contributed by atoms with Gasteiger partial charge in [0.15, 0.2) is 6.10 Å². The van der Waals surface area contributed by atoms with E-state index in [-0.39, 0.29) is 18.4 Å². The van der Waals surface area contributed by atoms with Crippen LogP contribution < -0.4 is 16.5 Å². The zero-order valence-electron chi connectivity index (χ0n) is 24.2. The molecule has 2 aliphatic heterocycles. The maximum atomic E-state index is 13.2. The molecule has 1 aliphatic carbocycles. The Hall–Kier alpha value is -2.63. The van der Waals surface area contributed by atoms with Crippen LogP contribution in [-0.2, 0) is 34.8 Å². The lowest BCUT2D eigenvalue weighted by Gasteiger charge is -2.32. The molecule has 0 aromatic heterocycles. The summed E-state index contributed by atoms with van der Waals surface area (Å²) in [6.45, 7) is 14.3. The van der Waals surface area contributed by atoms with E-state index in [1.807, 2.05) is 52.0 Å². The summed E-state index contributed by atoms with van der Waals surface area (Å²) in [5.74, 6) is -1.14. The predicted molar refractivity (Wildman–Crippen MR) is 146 cm³/mol. The van der Waals surface area contributed by atoms with E-state index in [0.29, 0.717) is 13.2 Å². The summed E-state index contributed by atoms with van der Waals surface area (Å²) in [5, 5.41) is 2.74. The van der Waals surface area contributed by atoms with E-state index in [2.05, 4.69) is 5.32 Å². The molecule has 11 heteroatoms. The molecular weight excluding hydrogens is 501 g/mol. The lowest BCUT2D eigenvalue weighted by atomic mass is 9.78. The quantitative estimate of drug-likeness (QED) is 0.525. The number of carbonyl (C=O) groups is 3. The Bertz CT molecular complexity index is 1080. The maximum absolute atomic E-state index is 13.2. The molecule has 1 saturated carbocycles. The molecular formula is C28H42BN3O7. The molecule has 2 saturated heterocycles. The molecule has 39 heavy (non-hydrogen) atoms. The van der Waals surface area contributed by atoms with Gasteiger partial charge < -0.3 is 34.7 Å². The molecule has 2 atom stereocenters. The zero-order chi connectivity index (χ0) is 28.8. The van der Waals surface area contributed by atoms with Gasteiger partial charge in [0.25, 0.3) is 5.91 Å². The molecule has 3 aliphatic rings. The molecule has 1 aromatic rings. The van der Waals surface area contributed by atoms with Gasteiger partial charge in [0, 0.05) is 18.4 Å². The van der Waals surface area contributed by atoms with Gasteiger partial charge in [0.05, 0.1) is 24.4 Å². The van der Waals surface area contributed by atoms with Gasteiger partial charge in [-0.05, 0) is 72.3 Å². The summed E-state index contributed by atoms with van der Waals surface area (Å²) >= 11 is 0. The molecule has 10 nitrogen and oxygen atoms in total. The Morgan fingerprint density at radius 1 is 1.10 bits per heavy atom. The van der Waals surface area contributed by atoms with Crippen molar-refractivity contribution in [2.45, 2.75) is 96.7 Å². The maximum Gasteiger partial charge on any atom is 0.494 e. The molecule has 1 spiro atoms. The first-order chi connectivity index (χ1) is 18.0. The Labute approximate surface area is 231 Å². The average molecular weight is 543 g/mol. The van der Waals surface area contributed by atoms with Crippen LogP contribution in [-0.4, -0.2) is 78.6 Å². The smallest absolute Gasteiger partial charge is 0.444 e. The van der Waals surface area contributed by atoms with Crippen molar-refractivity contribution in [1.29, 1.82) is 0 Å². The Kier molecular flexibility index (Phi) is 7.83. The third-order valence-corrected chi connectivity index (χ3v) is 8.01. The highest BCUT2D eigenvalue weighted by atomic mass is 16.7. The molecule has 4 rings (SSSR count). The minimum absolute atomic E-state index is 0.0385. The van der Waals surface area contributed by atoms with Crippen molar-refractivity contribution in [2.75, 3.05) is 19.7 Å². The summed E-state index contributed by atoms with van der Waals surface area (Å²) in [6.07, 6.45) is 0.631. The number of amides is 3. The first-order valence-corrected chi connectivity index (χ1v) is 13.6. The van der Waals surface area contributed by atoms with Crippen LogP contribution in [0, 0.1) is 5.41 Å². The number of nitrogens with two attached hydrogens (primary N) is 1. The number of ether oxygens (including phenoxy) is 2. The normalized spacial score (nSPS) is 24.1. The van der Waals surface area contributed by atoms with Crippen molar-refractivity contribution in [3.8, 4) is 0 Å². The number of rotatable bonds is 6. The number of primary amides is 1. The first kappa shape index (κ1) is 29.4. The van der Waals surface area contributed by atoms with Crippen LogP contribution in [0.4, 0.5) is 4.79 Å². The lowest BCUT2D eigenvalue weighted by molar-refractivity contribution is -0.136. The van der Waals surface area contributed by atoms with E-state index < -0.39 is 54.0 Å². The Balaban J connectivity index is 1.40. The summed E-state index contributed by atoms with van der Waals surface area (Å²) in [7, 11) is -0.495. The van der Waals surface area contributed by atoms with Crippen LogP contribution in [0.1, 0.15) is 66.9 Å². The van der Waals surface area contributed by atoms with E-state index in [4.69, 9.17) is 24.5 Å². The summed E-state index contributed by atoms with van der Waals surface area (Å²) in [4.78, 5) is 39.9. The number of hydrogen-bond donors (Lipinski definition) is 2. The van der Waals surface area contributed by atoms with E-state index in [9.17, 15) is 14.4 Å². The lowest BCUT2D eigenvalue weighted by Crippen LogP contribution is -2.52. The molecule has 0 radical (unpaired) electrons. The van der Waals surface area contributed by atoms with Gasteiger partial charge in [-0.2, -0.15) is 0 Å². The van der Waals surface area contributed by atoms with E-state index >= 15 is 0 Å². The molecule has 1 aromatic carbocycles. The van der Waals surface area contributed by atoms with Crippen LogP contribution in [0.25, 0.3) is 0 Å². The van der Waals surface area contributed by atoms with Gasteiger partial charge in [-0.3, -0.25) is 9.59 Å². The van der Waals surface area contributed by atoms with E-state index in [1.54, 1.807) is 25.7 Å². The highest BCUT2D eigenvalue weighted by molar-refractivity contribution is 6.62. The van der Waals surface area contributed by atoms with Crippen molar-refractivity contribution in [3.05, 3.63) is 29.8 Å². The average Bonchev–Trinajstić information content (AvgIpc) is 3.57.